The van der Waals surface area contributed by atoms with Crippen molar-refractivity contribution in [1.82, 2.24) is 19.1 Å². The normalized spacial score (nSPS) is 11.9. The van der Waals surface area contributed by atoms with E-state index in [4.69, 9.17) is 4.74 Å². The van der Waals surface area contributed by atoms with E-state index < -0.39 is 36.1 Å². The minimum absolute atomic E-state index is 0.0626. The summed E-state index contributed by atoms with van der Waals surface area (Å²) in [5.41, 5.74) is -0.558. The predicted molar refractivity (Wildman–Crippen MR) is 104 cm³/mol. The molecule has 0 fully saturated rings. The van der Waals surface area contributed by atoms with E-state index in [0.717, 1.165) is 22.7 Å². The zero-order valence-corrected chi connectivity index (χ0v) is 16.8. The molecule has 0 aromatic carbocycles. The number of nitro groups is 1. The number of pyridine rings is 2. The topological polar surface area (TPSA) is 105 Å². The molecule has 148 valence electrons. The van der Waals surface area contributed by atoms with Gasteiger partial charge in [-0.3, -0.25) is 14.7 Å². The summed E-state index contributed by atoms with van der Waals surface area (Å²) in [5.74, 6) is -1.32. The summed E-state index contributed by atoms with van der Waals surface area (Å²) in [4.78, 5) is 31.4. The minimum Gasteiger partial charge on any atom is -0.361 e. The second-order valence-electron chi connectivity index (χ2n) is 7.47. The Morgan fingerprint density at radius 1 is 1.29 bits per heavy atom. The van der Waals surface area contributed by atoms with Crippen molar-refractivity contribution in [2.45, 2.75) is 32.4 Å². The summed E-state index contributed by atoms with van der Waals surface area (Å²) in [7, 11) is -1.30. The van der Waals surface area contributed by atoms with Gasteiger partial charge in [-0.25, -0.2) is 14.3 Å². The molecule has 0 radical (unpaired) electrons. The Balaban J connectivity index is 2.09. The lowest BCUT2D eigenvalue weighted by molar-refractivity contribution is -0.384. The molecule has 0 aliphatic carbocycles. The molecule has 0 bridgehead atoms. The second kappa shape index (κ2) is 7.60. The summed E-state index contributed by atoms with van der Waals surface area (Å²) >= 11 is 0. The quantitative estimate of drug-likeness (QED) is 0.197. The SMILES string of the molecule is C[Si](C)(C)CCOCn1c(=O)n(-c2nc(F)ccc2[N+](=O)[O-])c2cccnc21. The van der Waals surface area contributed by atoms with Crippen molar-refractivity contribution in [1.29, 1.82) is 0 Å². The molecule has 0 saturated heterocycles. The van der Waals surface area contributed by atoms with E-state index in [0.29, 0.717) is 6.61 Å². The molecule has 0 saturated carbocycles. The van der Waals surface area contributed by atoms with Gasteiger partial charge in [0.25, 0.3) is 0 Å². The Labute approximate surface area is 160 Å². The Bertz CT molecular complexity index is 1090. The van der Waals surface area contributed by atoms with Crippen molar-refractivity contribution >= 4 is 24.9 Å². The molecule has 11 heteroatoms. The van der Waals surface area contributed by atoms with Crippen LogP contribution in [0.2, 0.25) is 25.7 Å². The Morgan fingerprint density at radius 3 is 2.71 bits per heavy atom. The molecule has 0 amide bonds. The molecular formula is C17H20FN5O4Si. The van der Waals surface area contributed by atoms with Gasteiger partial charge >= 0.3 is 11.4 Å². The highest BCUT2D eigenvalue weighted by atomic mass is 28.3. The average Bonchev–Trinajstić information content (AvgIpc) is 2.89. The van der Waals surface area contributed by atoms with Crippen LogP contribution in [0.15, 0.2) is 35.3 Å². The zero-order valence-electron chi connectivity index (χ0n) is 15.8. The van der Waals surface area contributed by atoms with E-state index in [-0.39, 0.29) is 17.9 Å². The average molecular weight is 405 g/mol. The first-order valence-electron chi connectivity index (χ1n) is 8.64. The molecule has 0 N–H and O–H groups in total. The van der Waals surface area contributed by atoms with Crippen LogP contribution in [0.3, 0.4) is 0 Å². The number of hydrogen-bond donors (Lipinski definition) is 0. The Hall–Kier alpha value is -2.92. The third kappa shape index (κ3) is 3.99. The standard InChI is InChI=1S/C17H20FN5O4Si/c1-28(2,3)10-9-27-11-21-15-12(5-4-8-19-15)22(17(21)24)16-13(23(25)26)6-7-14(18)20-16/h4-8H,9-11H2,1-3H3. The monoisotopic (exact) mass is 405 g/mol. The van der Waals surface area contributed by atoms with Gasteiger partial charge in [0.05, 0.1) is 10.4 Å². The van der Waals surface area contributed by atoms with Crippen LogP contribution >= 0.6 is 0 Å². The van der Waals surface area contributed by atoms with Crippen LogP contribution in [0.5, 0.6) is 0 Å². The lowest BCUT2D eigenvalue weighted by Crippen LogP contribution is -2.27. The van der Waals surface area contributed by atoms with Crippen LogP contribution < -0.4 is 5.69 Å². The van der Waals surface area contributed by atoms with Crippen molar-refractivity contribution in [3.63, 3.8) is 0 Å². The lowest BCUT2D eigenvalue weighted by atomic mass is 10.3. The number of ether oxygens (including phenoxy) is 1. The highest BCUT2D eigenvalue weighted by Crippen LogP contribution is 2.23. The maximum atomic E-state index is 13.7. The number of nitrogens with zero attached hydrogens (tertiary/aromatic N) is 5. The fourth-order valence-electron chi connectivity index (χ4n) is 2.67. The molecule has 9 nitrogen and oxygen atoms in total. The van der Waals surface area contributed by atoms with Gasteiger partial charge < -0.3 is 4.74 Å². The summed E-state index contributed by atoms with van der Waals surface area (Å²) in [5, 5.41) is 11.3. The molecule has 0 aliphatic heterocycles. The van der Waals surface area contributed by atoms with Gasteiger partial charge in [-0.2, -0.15) is 9.37 Å². The van der Waals surface area contributed by atoms with E-state index in [1.54, 1.807) is 12.1 Å². The zero-order chi connectivity index (χ0) is 20.5. The third-order valence-corrected chi connectivity index (χ3v) is 5.83. The maximum absolute atomic E-state index is 13.7. The molecule has 0 aliphatic rings. The van der Waals surface area contributed by atoms with Crippen molar-refractivity contribution in [2.75, 3.05) is 6.61 Å². The second-order valence-corrected chi connectivity index (χ2v) is 13.1. The van der Waals surface area contributed by atoms with E-state index in [1.165, 1.54) is 10.8 Å². The smallest absolute Gasteiger partial charge is 0.338 e. The van der Waals surface area contributed by atoms with Gasteiger partial charge in [0.2, 0.25) is 11.8 Å². The van der Waals surface area contributed by atoms with E-state index in [1.807, 2.05) is 0 Å². The first-order valence-corrected chi connectivity index (χ1v) is 12.3. The van der Waals surface area contributed by atoms with Gasteiger partial charge in [0.15, 0.2) is 5.65 Å². The molecule has 3 aromatic rings. The van der Waals surface area contributed by atoms with Crippen molar-refractivity contribution in [2.24, 2.45) is 0 Å². The van der Waals surface area contributed by atoms with Crippen LogP contribution in [-0.2, 0) is 11.5 Å². The van der Waals surface area contributed by atoms with Gasteiger partial charge in [-0.05, 0) is 18.2 Å². The first kappa shape index (κ1) is 19.8. The fraction of sp³-hybridized carbons (Fsp3) is 0.353. The molecule has 0 unspecified atom stereocenters. The largest absolute Gasteiger partial charge is 0.361 e. The first-order chi connectivity index (χ1) is 13.2. The molecule has 3 aromatic heterocycles. The molecular weight excluding hydrogens is 385 g/mol. The van der Waals surface area contributed by atoms with Crippen LogP contribution in [-0.4, -0.2) is 38.7 Å². The number of halogens is 1. The van der Waals surface area contributed by atoms with Crippen LogP contribution in [0.1, 0.15) is 0 Å². The highest BCUT2D eigenvalue weighted by molar-refractivity contribution is 6.76. The molecule has 3 heterocycles. The van der Waals surface area contributed by atoms with E-state index in [2.05, 4.69) is 29.6 Å². The summed E-state index contributed by atoms with van der Waals surface area (Å²) in [6, 6.07) is 5.93. The lowest BCUT2D eigenvalue weighted by Gasteiger charge is -2.15. The molecule has 0 spiro atoms. The summed E-state index contributed by atoms with van der Waals surface area (Å²) < 4.78 is 21.6. The Kier molecular flexibility index (Phi) is 5.38. The van der Waals surface area contributed by atoms with Crippen LogP contribution in [0.4, 0.5) is 10.1 Å². The van der Waals surface area contributed by atoms with Crippen LogP contribution in [0, 0.1) is 16.1 Å². The number of hydrogen-bond acceptors (Lipinski definition) is 6. The van der Waals surface area contributed by atoms with Gasteiger partial charge in [-0.1, -0.05) is 19.6 Å². The van der Waals surface area contributed by atoms with E-state index in [9.17, 15) is 19.3 Å². The van der Waals surface area contributed by atoms with E-state index >= 15 is 0 Å². The maximum Gasteiger partial charge on any atom is 0.338 e. The van der Waals surface area contributed by atoms with Crippen LogP contribution in [0.25, 0.3) is 17.0 Å². The number of rotatable bonds is 7. The molecule has 3 rings (SSSR count). The number of imidazole rings is 1. The predicted octanol–water partition coefficient (Wildman–Crippen LogP) is 2.94. The molecule has 28 heavy (non-hydrogen) atoms. The number of aromatic nitrogens is 4. The van der Waals surface area contributed by atoms with Crippen molar-refractivity contribution < 1.29 is 14.1 Å². The molecule has 0 atom stereocenters. The van der Waals surface area contributed by atoms with Crippen molar-refractivity contribution in [3.05, 3.63) is 57.0 Å². The number of fused-ring (bicyclic) bond motifs is 1. The summed E-state index contributed by atoms with van der Waals surface area (Å²) in [6.45, 7) is 7.06. The van der Waals surface area contributed by atoms with Gasteiger partial charge in [0.1, 0.15) is 6.73 Å². The van der Waals surface area contributed by atoms with Gasteiger partial charge in [0, 0.05) is 33.0 Å². The Morgan fingerprint density at radius 2 is 2.04 bits per heavy atom. The van der Waals surface area contributed by atoms with Crippen molar-refractivity contribution in [3.8, 4) is 5.82 Å². The summed E-state index contributed by atoms with van der Waals surface area (Å²) in [6.07, 6.45) is 1.50. The van der Waals surface area contributed by atoms with Gasteiger partial charge in [-0.15, -0.1) is 0 Å². The third-order valence-electron chi connectivity index (χ3n) is 4.13. The highest BCUT2D eigenvalue weighted by Gasteiger charge is 2.24. The fourth-order valence-corrected chi connectivity index (χ4v) is 3.42. The minimum atomic E-state index is -1.30.